The molecule has 1 aromatic rings. The van der Waals surface area contributed by atoms with Crippen LogP contribution in [0.25, 0.3) is 0 Å². The topological polar surface area (TPSA) is 89.4 Å². The molecule has 0 fully saturated rings. The maximum Gasteiger partial charge on any atom is 0.242 e. The summed E-state index contributed by atoms with van der Waals surface area (Å²) in [5, 5.41) is 10.5. The first kappa shape index (κ1) is 18.0. The van der Waals surface area contributed by atoms with Gasteiger partial charge in [-0.1, -0.05) is 0 Å². The number of hydrogen-bond donors (Lipinski definition) is 2. The molecule has 21 heavy (non-hydrogen) atoms. The maximum absolute atomic E-state index is 7.34. The van der Waals surface area contributed by atoms with Gasteiger partial charge in [0.2, 0.25) is 11.2 Å². The van der Waals surface area contributed by atoms with Crippen molar-refractivity contribution in [1.82, 2.24) is 9.97 Å². The molecule has 0 aliphatic rings. The number of hydrogen-bond acceptors (Lipinski definition) is 8. The number of nitrogens with zero attached hydrogens (tertiary/aromatic N) is 2. The van der Waals surface area contributed by atoms with Crippen molar-refractivity contribution in [1.29, 1.82) is 5.41 Å². The van der Waals surface area contributed by atoms with Crippen LogP contribution in [0.5, 0.6) is 5.88 Å². The molecule has 0 aliphatic carbocycles. The highest BCUT2D eigenvalue weighted by molar-refractivity contribution is 7.98. The van der Waals surface area contributed by atoms with Crippen molar-refractivity contribution in [2.75, 3.05) is 51.0 Å². The standard InChI is InChI=1S/C12H19ClN4O3S/c1-18-11-10(9(7-14)16-12(13)17-11)15-3-4-19-5-6-20-8-21-2/h7,14-15H,3-6,8H2,1-2H3. The fraction of sp³-hybridized carbons (Fsp3) is 0.583. The zero-order chi connectivity index (χ0) is 15.5. The summed E-state index contributed by atoms with van der Waals surface area (Å²) in [4.78, 5) is 7.91. The normalized spacial score (nSPS) is 10.4. The van der Waals surface area contributed by atoms with Crippen molar-refractivity contribution < 1.29 is 14.2 Å². The molecule has 0 unspecified atom stereocenters. The van der Waals surface area contributed by atoms with E-state index in [9.17, 15) is 0 Å². The van der Waals surface area contributed by atoms with Gasteiger partial charge in [0.15, 0.2) is 0 Å². The number of nitrogens with one attached hydrogen (secondary N) is 2. The Hall–Kier alpha value is -1.09. The number of anilines is 1. The van der Waals surface area contributed by atoms with Crippen LogP contribution in [0, 0.1) is 5.41 Å². The molecular formula is C12H19ClN4O3S. The molecule has 7 nitrogen and oxygen atoms in total. The summed E-state index contributed by atoms with van der Waals surface area (Å²) in [7, 11) is 1.48. The van der Waals surface area contributed by atoms with E-state index in [1.165, 1.54) is 7.11 Å². The second kappa shape index (κ2) is 10.6. The first-order valence-corrected chi connectivity index (χ1v) is 8.00. The molecule has 1 rings (SSSR count). The van der Waals surface area contributed by atoms with Crippen LogP contribution in [-0.4, -0.2) is 61.9 Å². The van der Waals surface area contributed by atoms with Crippen LogP contribution >= 0.6 is 23.4 Å². The first-order valence-electron chi connectivity index (χ1n) is 6.23. The van der Waals surface area contributed by atoms with Crippen LogP contribution in [-0.2, 0) is 9.47 Å². The molecule has 1 heterocycles. The fourth-order valence-electron chi connectivity index (χ4n) is 1.46. The van der Waals surface area contributed by atoms with Gasteiger partial charge in [-0.2, -0.15) is 4.98 Å². The summed E-state index contributed by atoms with van der Waals surface area (Å²) in [6.07, 6.45) is 3.07. The van der Waals surface area contributed by atoms with Crippen molar-refractivity contribution in [2.24, 2.45) is 0 Å². The van der Waals surface area contributed by atoms with Crippen molar-refractivity contribution in [3.8, 4) is 5.88 Å². The number of rotatable bonds is 11. The smallest absolute Gasteiger partial charge is 0.242 e. The van der Waals surface area contributed by atoms with Gasteiger partial charge >= 0.3 is 0 Å². The Kier molecular flexibility index (Phi) is 9.07. The van der Waals surface area contributed by atoms with Gasteiger partial charge in [-0.05, 0) is 17.9 Å². The van der Waals surface area contributed by atoms with Crippen LogP contribution in [0.15, 0.2) is 0 Å². The number of halogens is 1. The minimum absolute atomic E-state index is 0.0399. The third-order valence-corrected chi connectivity index (χ3v) is 2.90. The molecule has 0 atom stereocenters. The SMILES string of the molecule is COc1nc(Cl)nc(C=N)c1NCCOCCOCSC. The summed E-state index contributed by atoms with van der Waals surface area (Å²) in [6.45, 7) is 2.13. The molecule has 118 valence electrons. The van der Waals surface area contributed by atoms with Crippen LogP contribution in [0.4, 0.5) is 5.69 Å². The number of thioether (sulfide) groups is 1. The second-order valence-corrected chi connectivity index (χ2v) is 4.91. The van der Waals surface area contributed by atoms with E-state index in [0.29, 0.717) is 49.6 Å². The van der Waals surface area contributed by atoms with Crippen LogP contribution in [0.2, 0.25) is 5.28 Å². The number of methoxy groups -OCH3 is 1. The van der Waals surface area contributed by atoms with E-state index in [2.05, 4.69) is 15.3 Å². The highest BCUT2D eigenvalue weighted by Gasteiger charge is 2.12. The lowest BCUT2D eigenvalue weighted by Gasteiger charge is -2.12. The lowest BCUT2D eigenvalue weighted by molar-refractivity contribution is 0.0705. The minimum atomic E-state index is 0.0399. The molecule has 0 spiro atoms. The predicted molar refractivity (Wildman–Crippen MR) is 85.1 cm³/mol. The van der Waals surface area contributed by atoms with E-state index < -0.39 is 0 Å². The van der Waals surface area contributed by atoms with E-state index in [-0.39, 0.29) is 5.28 Å². The van der Waals surface area contributed by atoms with Crippen LogP contribution < -0.4 is 10.1 Å². The Labute approximate surface area is 133 Å². The molecule has 0 radical (unpaired) electrons. The fourth-order valence-corrected chi connectivity index (χ4v) is 1.91. The van der Waals surface area contributed by atoms with E-state index in [1.54, 1.807) is 11.8 Å². The van der Waals surface area contributed by atoms with E-state index in [4.69, 9.17) is 31.2 Å². The van der Waals surface area contributed by atoms with Gasteiger partial charge in [-0.25, -0.2) is 4.98 Å². The summed E-state index contributed by atoms with van der Waals surface area (Å²) in [6, 6.07) is 0. The van der Waals surface area contributed by atoms with Gasteiger partial charge in [0.05, 0.1) is 32.9 Å². The zero-order valence-corrected chi connectivity index (χ0v) is 13.6. The molecule has 0 saturated heterocycles. The molecule has 0 aliphatic heterocycles. The highest BCUT2D eigenvalue weighted by atomic mass is 35.5. The van der Waals surface area contributed by atoms with Gasteiger partial charge in [-0.15, -0.1) is 11.8 Å². The molecule has 0 amide bonds. The summed E-state index contributed by atoms with van der Waals surface area (Å²) in [5.74, 6) is 0.973. The zero-order valence-electron chi connectivity index (χ0n) is 12.0. The van der Waals surface area contributed by atoms with E-state index >= 15 is 0 Å². The van der Waals surface area contributed by atoms with Crippen molar-refractivity contribution in [3.63, 3.8) is 0 Å². The lowest BCUT2D eigenvalue weighted by Crippen LogP contribution is -2.15. The maximum atomic E-state index is 7.34. The monoisotopic (exact) mass is 334 g/mol. The summed E-state index contributed by atoms with van der Waals surface area (Å²) >= 11 is 7.38. The van der Waals surface area contributed by atoms with Crippen LogP contribution in [0.3, 0.4) is 0 Å². The summed E-state index contributed by atoms with van der Waals surface area (Å²) in [5.41, 5.74) is 0.897. The third-order valence-electron chi connectivity index (χ3n) is 2.33. The Morgan fingerprint density at radius 3 is 2.71 bits per heavy atom. The highest BCUT2D eigenvalue weighted by Crippen LogP contribution is 2.25. The predicted octanol–water partition coefficient (Wildman–Crippen LogP) is 1.90. The minimum Gasteiger partial charge on any atom is -0.479 e. The molecule has 0 bridgehead atoms. The Balaban J connectivity index is 2.39. The molecular weight excluding hydrogens is 316 g/mol. The van der Waals surface area contributed by atoms with Gasteiger partial charge in [0.1, 0.15) is 11.4 Å². The summed E-state index contributed by atoms with van der Waals surface area (Å²) < 4.78 is 15.8. The van der Waals surface area contributed by atoms with E-state index in [1.807, 2.05) is 6.26 Å². The first-order chi connectivity index (χ1) is 10.2. The quantitative estimate of drug-likeness (QED) is 0.276. The number of ether oxygens (including phenoxy) is 3. The number of aromatic nitrogens is 2. The average Bonchev–Trinajstić information content (AvgIpc) is 2.50. The molecule has 0 saturated carbocycles. The van der Waals surface area contributed by atoms with Crippen molar-refractivity contribution in [3.05, 3.63) is 11.0 Å². The molecule has 1 aromatic heterocycles. The van der Waals surface area contributed by atoms with Crippen molar-refractivity contribution in [2.45, 2.75) is 0 Å². The average molecular weight is 335 g/mol. The van der Waals surface area contributed by atoms with E-state index in [0.717, 1.165) is 6.21 Å². The lowest BCUT2D eigenvalue weighted by atomic mass is 10.3. The van der Waals surface area contributed by atoms with Gasteiger partial charge < -0.3 is 24.9 Å². The van der Waals surface area contributed by atoms with Gasteiger partial charge in [0.25, 0.3) is 0 Å². The molecule has 0 aromatic carbocycles. The Morgan fingerprint density at radius 1 is 1.29 bits per heavy atom. The Bertz CT molecular complexity index is 451. The van der Waals surface area contributed by atoms with Gasteiger partial charge in [0, 0.05) is 12.8 Å². The third kappa shape index (κ3) is 6.47. The van der Waals surface area contributed by atoms with Crippen molar-refractivity contribution >= 4 is 35.3 Å². The largest absolute Gasteiger partial charge is 0.479 e. The molecule has 2 N–H and O–H groups in total. The molecule has 9 heteroatoms. The van der Waals surface area contributed by atoms with Crippen LogP contribution in [0.1, 0.15) is 5.69 Å². The van der Waals surface area contributed by atoms with Gasteiger partial charge in [-0.3, -0.25) is 0 Å². The second-order valence-electron chi connectivity index (χ2n) is 3.76. The Morgan fingerprint density at radius 2 is 2.05 bits per heavy atom.